The van der Waals surface area contributed by atoms with Crippen LogP contribution in [0.1, 0.15) is 12.8 Å². The Hall–Kier alpha value is -1.79. The minimum Gasteiger partial charge on any atom is -0.495 e. The predicted octanol–water partition coefficient (Wildman–Crippen LogP) is 1.41. The largest absolute Gasteiger partial charge is 0.495 e. The average Bonchev–Trinajstić information content (AvgIpc) is 2.92. The lowest BCUT2D eigenvalue weighted by Gasteiger charge is -2.12. The van der Waals surface area contributed by atoms with Gasteiger partial charge in [-0.3, -0.25) is 4.79 Å². The van der Waals surface area contributed by atoms with Crippen molar-refractivity contribution < 1.29 is 19.0 Å². The third-order valence-corrected chi connectivity index (χ3v) is 3.06. The van der Waals surface area contributed by atoms with E-state index in [9.17, 15) is 4.79 Å². The van der Waals surface area contributed by atoms with E-state index >= 15 is 0 Å². The van der Waals surface area contributed by atoms with Gasteiger partial charge in [-0.05, 0) is 31.0 Å². The minimum atomic E-state index is -0.244. The number of anilines is 2. The predicted molar refractivity (Wildman–Crippen MR) is 75.8 cm³/mol. The van der Waals surface area contributed by atoms with Crippen molar-refractivity contribution in [1.29, 1.82) is 0 Å². The van der Waals surface area contributed by atoms with Crippen molar-refractivity contribution in [2.75, 3.05) is 38.0 Å². The van der Waals surface area contributed by atoms with Crippen molar-refractivity contribution in [3.8, 4) is 5.75 Å². The molecule has 1 fully saturated rings. The van der Waals surface area contributed by atoms with E-state index in [2.05, 4.69) is 5.32 Å². The summed E-state index contributed by atoms with van der Waals surface area (Å²) in [5.41, 5.74) is 6.78. The van der Waals surface area contributed by atoms with E-state index < -0.39 is 0 Å². The molecule has 0 radical (unpaired) electrons. The SMILES string of the molecule is COc1ccc(N)cc1NC(=O)COCC1CCCO1. The van der Waals surface area contributed by atoms with Crippen LogP contribution in [0.2, 0.25) is 0 Å². The molecule has 20 heavy (non-hydrogen) atoms. The highest BCUT2D eigenvalue weighted by molar-refractivity contribution is 5.93. The Morgan fingerprint density at radius 2 is 2.40 bits per heavy atom. The Morgan fingerprint density at radius 3 is 3.10 bits per heavy atom. The maximum absolute atomic E-state index is 11.8. The molecule has 6 nitrogen and oxygen atoms in total. The Balaban J connectivity index is 1.80. The summed E-state index contributed by atoms with van der Waals surface area (Å²) in [5.74, 6) is 0.318. The molecule has 0 aromatic heterocycles. The third kappa shape index (κ3) is 4.11. The first kappa shape index (κ1) is 14.6. The number of carbonyl (C=O) groups is 1. The van der Waals surface area contributed by atoms with Crippen LogP contribution in [0.4, 0.5) is 11.4 Å². The van der Waals surface area contributed by atoms with Gasteiger partial charge < -0.3 is 25.3 Å². The standard InChI is InChI=1S/C14H20N2O4/c1-18-13-5-4-10(15)7-12(13)16-14(17)9-19-8-11-3-2-6-20-11/h4-5,7,11H,2-3,6,8-9,15H2,1H3,(H,16,17). The monoisotopic (exact) mass is 280 g/mol. The summed E-state index contributed by atoms with van der Waals surface area (Å²) in [6.45, 7) is 1.21. The third-order valence-electron chi connectivity index (χ3n) is 3.06. The normalized spacial score (nSPS) is 17.9. The first-order chi connectivity index (χ1) is 9.69. The second-order valence-electron chi connectivity index (χ2n) is 4.66. The number of carbonyl (C=O) groups excluding carboxylic acids is 1. The van der Waals surface area contributed by atoms with Crippen LogP contribution < -0.4 is 15.8 Å². The number of nitrogens with one attached hydrogen (secondary N) is 1. The summed E-state index contributed by atoms with van der Waals surface area (Å²) in [5, 5.41) is 2.72. The van der Waals surface area contributed by atoms with Gasteiger partial charge in [-0.1, -0.05) is 0 Å². The van der Waals surface area contributed by atoms with E-state index in [0.29, 0.717) is 23.7 Å². The van der Waals surface area contributed by atoms with E-state index in [4.69, 9.17) is 19.9 Å². The van der Waals surface area contributed by atoms with Crippen LogP contribution in [0.25, 0.3) is 0 Å². The van der Waals surface area contributed by atoms with Crippen molar-refractivity contribution >= 4 is 17.3 Å². The number of rotatable bonds is 6. The fourth-order valence-electron chi connectivity index (χ4n) is 2.07. The van der Waals surface area contributed by atoms with Gasteiger partial charge in [0.25, 0.3) is 0 Å². The van der Waals surface area contributed by atoms with Crippen LogP contribution in [0, 0.1) is 0 Å². The first-order valence-corrected chi connectivity index (χ1v) is 6.61. The Labute approximate surface area is 118 Å². The summed E-state index contributed by atoms with van der Waals surface area (Å²) in [6.07, 6.45) is 2.16. The van der Waals surface area contributed by atoms with Crippen molar-refractivity contribution in [3.63, 3.8) is 0 Å². The van der Waals surface area contributed by atoms with Gasteiger partial charge in [0.05, 0.1) is 25.5 Å². The number of nitrogens with two attached hydrogens (primary N) is 1. The first-order valence-electron chi connectivity index (χ1n) is 6.61. The van der Waals surface area contributed by atoms with Crippen molar-refractivity contribution in [3.05, 3.63) is 18.2 Å². The zero-order chi connectivity index (χ0) is 14.4. The fourth-order valence-corrected chi connectivity index (χ4v) is 2.07. The van der Waals surface area contributed by atoms with Gasteiger partial charge >= 0.3 is 0 Å². The summed E-state index contributed by atoms with van der Waals surface area (Å²) < 4.78 is 15.9. The lowest BCUT2D eigenvalue weighted by molar-refractivity contribution is -0.121. The van der Waals surface area contributed by atoms with E-state index in [0.717, 1.165) is 19.4 Å². The van der Waals surface area contributed by atoms with Crippen LogP contribution in [-0.4, -0.2) is 38.9 Å². The maximum atomic E-state index is 11.8. The molecule has 0 saturated carbocycles. The maximum Gasteiger partial charge on any atom is 0.250 e. The van der Waals surface area contributed by atoms with Gasteiger partial charge in [0.2, 0.25) is 5.91 Å². The van der Waals surface area contributed by atoms with Crippen LogP contribution in [0.15, 0.2) is 18.2 Å². The molecule has 3 N–H and O–H groups in total. The molecular formula is C14H20N2O4. The quantitative estimate of drug-likeness (QED) is 0.770. The molecule has 1 unspecified atom stereocenters. The van der Waals surface area contributed by atoms with E-state index in [1.807, 2.05) is 0 Å². The number of amides is 1. The molecular weight excluding hydrogens is 260 g/mol. The fraction of sp³-hybridized carbons (Fsp3) is 0.500. The molecule has 1 aromatic carbocycles. The van der Waals surface area contributed by atoms with Crippen LogP contribution in [-0.2, 0) is 14.3 Å². The van der Waals surface area contributed by atoms with Gasteiger partial charge in [-0.25, -0.2) is 0 Å². The van der Waals surface area contributed by atoms with Crippen molar-refractivity contribution in [2.24, 2.45) is 0 Å². The Morgan fingerprint density at radius 1 is 1.55 bits per heavy atom. The number of ether oxygens (including phenoxy) is 3. The van der Waals surface area contributed by atoms with E-state index in [1.54, 1.807) is 18.2 Å². The van der Waals surface area contributed by atoms with Gasteiger partial charge in [0, 0.05) is 12.3 Å². The zero-order valence-electron chi connectivity index (χ0n) is 11.6. The average molecular weight is 280 g/mol. The summed E-state index contributed by atoms with van der Waals surface area (Å²) >= 11 is 0. The number of hydrogen-bond donors (Lipinski definition) is 2. The molecule has 0 bridgehead atoms. The number of benzene rings is 1. The highest BCUT2D eigenvalue weighted by atomic mass is 16.5. The lowest BCUT2D eigenvalue weighted by Crippen LogP contribution is -2.22. The topological polar surface area (TPSA) is 82.8 Å². The van der Waals surface area contributed by atoms with Crippen molar-refractivity contribution in [2.45, 2.75) is 18.9 Å². The van der Waals surface area contributed by atoms with Crippen LogP contribution >= 0.6 is 0 Å². The molecule has 1 saturated heterocycles. The van der Waals surface area contributed by atoms with Crippen LogP contribution in [0.3, 0.4) is 0 Å². The van der Waals surface area contributed by atoms with Gasteiger partial charge in [-0.2, -0.15) is 0 Å². The van der Waals surface area contributed by atoms with Crippen LogP contribution in [0.5, 0.6) is 5.75 Å². The second-order valence-corrected chi connectivity index (χ2v) is 4.66. The Bertz CT molecular complexity index is 458. The van der Waals surface area contributed by atoms with Gasteiger partial charge in [-0.15, -0.1) is 0 Å². The molecule has 6 heteroatoms. The van der Waals surface area contributed by atoms with E-state index in [-0.39, 0.29) is 18.6 Å². The molecule has 0 spiro atoms. The highest BCUT2D eigenvalue weighted by Gasteiger charge is 2.16. The molecule has 0 aliphatic carbocycles. The summed E-state index contributed by atoms with van der Waals surface area (Å²) in [4.78, 5) is 11.8. The zero-order valence-corrected chi connectivity index (χ0v) is 11.6. The molecule has 1 amide bonds. The molecule has 1 atom stereocenters. The lowest BCUT2D eigenvalue weighted by atomic mass is 10.2. The molecule has 1 aromatic rings. The molecule has 1 aliphatic rings. The van der Waals surface area contributed by atoms with Gasteiger partial charge in [0.15, 0.2) is 0 Å². The number of methoxy groups -OCH3 is 1. The number of hydrogen-bond acceptors (Lipinski definition) is 5. The van der Waals surface area contributed by atoms with Gasteiger partial charge in [0.1, 0.15) is 12.4 Å². The summed E-state index contributed by atoms with van der Waals surface area (Å²) in [7, 11) is 1.54. The smallest absolute Gasteiger partial charge is 0.250 e. The second kappa shape index (κ2) is 7.12. The molecule has 110 valence electrons. The minimum absolute atomic E-state index is 0.0161. The highest BCUT2D eigenvalue weighted by Crippen LogP contribution is 2.26. The summed E-state index contributed by atoms with van der Waals surface area (Å²) in [6, 6.07) is 5.07. The Kier molecular flexibility index (Phi) is 5.20. The molecule has 1 aliphatic heterocycles. The molecule has 1 heterocycles. The van der Waals surface area contributed by atoms with E-state index in [1.165, 1.54) is 7.11 Å². The molecule has 2 rings (SSSR count). The van der Waals surface area contributed by atoms with Crippen molar-refractivity contribution in [1.82, 2.24) is 0 Å². The number of nitrogen functional groups attached to an aromatic ring is 1.